The van der Waals surface area contributed by atoms with Gasteiger partial charge in [0.15, 0.2) is 0 Å². The van der Waals surface area contributed by atoms with E-state index >= 15 is 0 Å². The number of nitrogens with two attached hydrogens (primary N) is 1. The molecule has 0 aliphatic carbocycles. The Kier molecular flexibility index (Phi) is 3.68. The highest BCUT2D eigenvalue weighted by Gasteiger charge is 2.05. The summed E-state index contributed by atoms with van der Waals surface area (Å²) < 4.78 is 5.44. The minimum atomic E-state index is 0.668. The Morgan fingerprint density at radius 2 is 2.06 bits per heavy atom. The Morgan fingerprint density at radius 1 is 1.29 bits per heavy atom. The van der Waals surface area contributed by atoms with Crippen molar-refractivity contribution in [3.8, 4) is 0 Å². The number of benzene rings is 1. The number of aromatic nitrogens is 2. The van der Waals surface area contributed by atoms with E-state index in [0.717, 1.165) is 22.6 Å². The van der Waals surface area contributed by atoms with Crippen LogP contribution < -0.4 is 5.73 Å². The lowest BCUT2D eigenvalue weighted by atomic mass is 10.2. The van der Waals surface area contributed by atoms with Gasteiger partial charge in [-0.15, -0.1) is 22.0 Å². The van der Waals surface area contributed by atoms with Gasteiger partial charge in [0.05, 0.1) is 5.75 Å². The highest BCUT2D eigenvalue weighted by molar-refractivity contribution is 7.98. The van der Waals surface area contributed by atoms with E-state index in [2.05, 4.69) is 16.3 Å². The first-order valence-electron chi connectivity index (χ1n) is 5.49. The maximum atomic E-state index is 5.77. The molecule has 0 spiro atoms. The van der Waals surface area contributed by atoms with Crippen LogP contribution in [0.1, 0.15) is 24.3 Å². The van der Waals surface area contributed by atoms with E-state index in [0.29, 0.717) is 17.5 Å². The average molecular weight is 249 g/mol. The third-order valence-corrected chi connectivity index (χ3v) is 3.39. The molecule has 0 fully saturated rings. The maximum Gasteiger partial charge on any atom is 0.226 e. The van der Waals surface area contributed by atoms with Crippen molar-refractivity contribution < 1.29 is 4.42 Å². The second kappa shape index (κ2) is 5.23. The van der Waals surface area contributed by atoms with Gasteiger partial charge in [0, 0.05) is 17.0 Å². The van der Waals surface area contributed by atoms with Crippen molar-refractivity contribution in [3.63, 3.8) is 0 Å². The lowest BCUT2D eigenvalue weighted by Crippen LogP contribution is -1.89. The number of hydrogen-bond acceptors (Lipinski definition) is 5. The Hall–Kier alpha value is -1.49. The fourth-order valence-corrected chi connectivity index (χ4v) is 2.20. The molecule has 17 heavy (non-hydrogen) atoms. The molecule has 2 N–H and O–H groups in total. The van der Waals surface area contributed by atoms with Crippen LogP contribution in [0.25, 0.3) is 0 Å². The molecule has 0 bridgehead atoms. The fraction of sp³-hybridized carbons (Fsp3) is 0.333. The Balaban J connectivity index is 1.99. The summed E-state index contributed by atoms with van der Waals surface area (Å²) in [7, 11) is 0. The van der Waals surface area contributed by atoms with Crippen LogP contribution in [0.3, 0.4) is 0 Å². The van der Waals surface area contributed by atoms with Gasteiger partial charge >= 0.3 is 0 Å². The molecule has 0 aliphatic heterocycles. The summed E-state index contributed by atoms with van der Waals surface area (Å²) in [5.74, 6) is 2.05. The van der Waals surface area contributed by atoms with Crippen LogP contribution in [0.2, 0.25) is 0 Å². The number of nitrogens with zero attached hydrogens (tertiary/aromatic N) is 2. The monoisotopic (exact) mass is 249 g/mol. The van der Waals surface area contributed by atoms with Crippen LogP contribution in [0.5, 0.6) is 0 Å². The molecule has 2 rings (SSSR count). The summed E-state index contributed by atoms with van der Waals surface area (Å²) in [4.78, 5) is 1.16. The first-order chi connectivity index (χ1) is 8.19. The summed E-state index contributed by atoms with van der Waals surface area (Å²) in [6, 6.07) is 5.99. The van der Waals surface area contributed by atoms with Crippen molar-refractivity contribution in [2.75, 3.05) is 5.73 Å². The molecule has 1 aromatic heterocycles. The summed E-state index contributed by atoms with van der Waals surface area (Å²) >= 11 is 1.67. The summed E-state index contributed by atoms with van der Waals surface area (Å²) in [5, 5.41) is 7.91. The lowest BCUT2D eigenvalue weighted by molar-refractivity contribution is 0.470. The molecule has 1 aromatic carbocycles. The molecule has 90 valence electrons. The van der Waals surface area contributed by atoms with Crippen LogP contribution in [0.4, 0.5) is 5.69 Å². The first kappa shape index (κ1) is 12.0. The van der Waals surface area contributed by atoms with E-state index < -0.39 is 0 Å². The zero-order valence-corrected chi connectivity index (χ0v) is 10.8. The second-order valence-corrected chi connectivity index (χ2v) is 4.80. The van der Waals surface area contributed by atoms with Gasteiger partial charge in [-0.1, -0.05) is 6.92 Å². The standard InChI is InChI=1S/C12H15N3OS/c1-3-11-14-15-12(16-11)7-17-9-4-5-10(13)8(2)6-9/h4-6H,3,7,13H2,1-2H3. The molecule has 0 saturated carbocycles. The summed E-state index contributed by atoms with van der Waals surface area (Å²) in [6.45, 7) is 4.00. The molecule has 0 unspecified atom stereocenters. The van der Waals surface area contributed by atoms with E-state index in [-0.39, 0.29) is 0 Å². The van der Waals surface area contributed by atoms with Crippen molar-refractivity contribution in [3.05, 3.63) is 35.5 Å². The SMILES string of the molecule is CCc1nnc(CSc2ccc(N)c(C)c2)o1. The molecule has 4 nitrogen and oxygen atoms in total. The van der Waals surface area contributed by atoms with Gasteiger partial charge in [-0.2, -0.15) is 0 Å². The van der Waals surface area contributed by atoms with E-state index in [9.17, 15) is 0 Å². The lowest BCUT2D eigenvalue weighted by Gasteiger charge is -2.03. The molecular formula is C12H15N3OS. The maximum absolute atomic E-state index is 5.77. The van der Waals surface area contributed by atoms with Crippen molar-refractivity contribution in [2.24, 2.45) is 0 Å². The Morgan fingerprint density at radius 3 is 2.71 bits per heavy atom. The highest BCUT2D eigenvalue weighted by Crippen LogP contribution is 2.25. The van der Waals surface area contributed by atoms with Gasteiger partial charge in [-0.25, -0.2) is 0 Å². The van der Waals surface area contributed by atoms with Gasteiger partial charge < -0.3 is 10.2 Å². The summed E-state index contributed by atoms with van der Waals surface area (Å²) in [6.07, 6.45) is 0.776. The van der Waals surface area contributed by atoms with Gasteiger partial charge in [-0.05, 0) is 30.7 Å². The van der Waals surface area contributed by atoms with Crippen molar-refractivity contribution in [1.29, 1.82) is 0 Å². The molecule has 0 saturated heterocycles. The van der Waals surface area contributed by atoms with Crippen LogP contribution in [-0.2, 0) is 12.2 Å². The average Bonchev–Trinajstić information content (AvgIpc) is 2.79. The molecule has 0 amide bonds. The van der Waals surface area contributed by atoms with Crippen LogP contribution in [0.15, 0.2) is 27.5 Å². The normalized spacial score (nSPS) is 10.7. The van der Waals surface area contributed by atoms with Crippen LogP contribution in [-0.4, -0.2) is 10.2 Å². The van der Waals surface area contributed by atoms with Gasteiger partial charge in [0.25, 0.3) is 0 Å². The first-order valence-corrected chi connectivity index (χ1v) is 6.47. The number of aryl methyl sites for hydroxylation is 2. The quantitative estimate of drug-likeness (QED) is 0.666. The molecule has 2 aromatic rings. The molecule has 0 radical (unpaired) electrons. The number of hydrogen-bond donors (Lipinski definition) is 1. The van der Waals surface area contributed by atoms with Crippen molar-refractivity contribution >= 4 is 17.4 Å². The largest absolute Gasteiger partial charge is 0.424 e. The van der Waals surface area contributed by atoms with Gasteiger partial charge in [0.2, 0.25) is 11.8 Å². The van der Waals surface area contributed by atoms with Gasteiger partial charge in [0.1, 0.15) is 0 Å². The van der Waals surface area contributed by atoms with Crippen LogP contribution >= 0.6 is 11.8 Å². The number of nitrogen functional groups attached to an aromatic ring is 1. The Bertz CT molecular complexity index is 510. The minimum Gasteiger partial charge on any atom is -0.424 e. The smallest absolute Gasteiger partial charge is 0.226 e. The molecular weight excluding hydrogens is 234 g/mol. The number of rotatable bonds is 4. The number of thioether (sulfide) groups is 1. The zero-order valence-electron chi connectivity index (χ0n) is 9.93. The van der Waals surface area contributed by atoms with Crippen LogP contribution in [0, 0.1) is 6.92 Å². The molecule has 0 aliphatic rings. The van der Waals surface area contributed by atoms with Crippen molar-refractivity contribution in [1.82, 2.24) is 10.2 Å². The summed E-state index contributed by atoms with van der Waals surface area (Å²) in [5.41, 5.74) is 7.68. The molecule has 5 heteroatoms. The minimum absolute atomic E-state index is 0.668. The van der Waals surface area contributed by atoms with E-state index in [1.54, 1.807) is 11.8 Å². The topological polar surface area (TPSA) is 64.9 Å². The molecule has 1 heterocycles. The zero-order chi connectivity index (χ0) is 12.3. The predicted octanol–water partition coefficient (Wildman–Crippen LogP) is 2.81. The third kappa shape index (κ3) is 3.00. The highest BCUT2D eigenvalue weighted by atomic mass is 32.2. The molecule has 0 atom stereocenters. The third-order valence-electron chi connectivity index (χ3n) is 2.41. The Labute approximate surface area is 105 Å². The second-order valence-electron chi connectivity index (χ2n) is 3.75. The van der Waals surface area contributed by atoms with E-state index in [1.807, 2.05) is 26.0 Å². The predicted molar refractivity (Wildman–Crippen MR) is 68.8 cm³/mol. The van der Waals surface area contributed by atoms with Gasteiger partial charge in [-0.3, -0.25) is 0 Å². The fourth-order valence-electron chi connectivity index (χ4n) is 1.37. The number of anilines is 1. The van der Waals surface area contributed by atoms with E-state index in [1.165, 1.54) is 0 Å². The van der Waals surface area contributed by atoms with Crippen molar-refractivity contribution in [2.45, 2.75) is 30.9 Å². The van der Waals surface area contributed by atoms with E-state index in [4.69, 9.17) is 10.2 Å².